The first kappa shape index (κ1) is 27.4. The van der Waals surface area contributed by atoms with E-state index in [1.54, 1.807) is 0 Å². The van der Waals surface area contributed by atoms with Crippen molar-refractivity contribution < 1.29 is 14.6 Å². The normalized spacial score (nSPS) is 11.9. The third-order valence-electron chi connectivity index (χ3n) is 5.63. The summed E-state index contributed by atoms with van der Waals surface area (Å²) in [7, 11) is 0. The van der Waals surface area contributed by atoms with Crippen molar-refractivity contribution in [2.45, 2.75) is 96.4 Å². The molecule has 0 radical (unpaired) electrons. The van der Waals surface area contributed by atoms with Gasteiger partial charge in [0.05, 0.1) is 6.61 Å². The molecule has 1 atom stereocenters. The van der Waals surface area contributed by atoms with Crippen molar-refractivity contribution in [2.75, 3.05) is 26.3 Å². The molecule has 0 bridgehead atoms. The third kappa shape index (κ3) is 16.7. The Morgan fingerprint density at radius 1 is 0.903 bits per heavy atom. The van der Waals surface area contributed by atoms with Crippen molar-refractivity contribution in [1.82, 2.24) is 10.6 Å². The quantitative estimate of drug-likeness (QED) is 0.233. The number of carbonyl (C=O) groups excluding carboxylic acids is 1. The number of ether oxygens (including phenoxy) is 1. The number of aliphatic hydroxyl groups excluding tert-OH is 1. The standard InChI is InChI=1S/C26H46N2O3/c1-2-3-4-5-6-7-8-9-10-11-15-18-25(23-24-16-13-12-14-17-24)27-19-20-28-26(30)31-22-21-29/h12-14,16-17,25,27,29H,2-11,15,18-23H2,1H3,(H,28,30). The maximum atomic E-state index is 11.5. The minimum atomic E-state index is -0.471. The van der Waals surface area contributed by atoms with Crippen LogP contribution in [0, 0.1) is 0 Å². The average Bonchev–Trinajstić information content (AvgIpc) is 2.79. The molecule has 0 aliphatic rings. The number of alkyl carbamates (subject to hydrolysis) is 1. The molecule has 0 heterocycles. The SMILES string of the molecule is CCCCCCCCCCCCCC(Cc1ccccc1)NCCNC(=O)OCCO. The Morgan fingerprint density at radius 2 is 1.52 bits per heavy atom. The lowest BCUT2D eigenvalue weighted by atomic mass is 9.99. The van der Waals surface area contributed by atoms with Gasteiger partial charge in [0.25, 0.3) is 0 Å². The van der Waals surface area contributed by atoms with Gasteiger partial charge in [-0.1, -0.05) is 108 Å². The van der Waals surface area contributed by atoms with Crippen LogP contribution in [0.3, 0.4) is 0 Å². The zero-order chi connectivity index (χ0) is 22.4. The Kier molecular flexibility index (Phi) is 18.0. The average molecular weight is 435 g/mol. The van der Waals surface area contributed by atoms with Gasteiger partial charge in [-0.3, -0.25) is 0 Å². The number of benzene rings is 1. The summed E-state index contributed by atoms with van der Waals surface area (Å²) in [6, 6.07) is 11.0. The van der Waals surface area contributed by atoms with Gasteiger partial charge in [0, 0.05) is 19.1 Å². The maximum absolute atomic E-state index is 11.5. The Hall–Kier alpha value is -1.59. The smallest absolute Gasteiger partial charge is 0.407 e. The van der Waals surface area contributed by atoms with E-state index in [2.05, 4.69) is 47.9 Å². The zero-order valence-corrected chi connectivity index (χ0v) is 19.7. The summed E-state index contributed by atoms with van der Waals surface area (Å²) >= 11 is 0. The number of amides is 1. The van der Waals surface area contributed by atoms with Crippen molar-refractivity contribution in [3.05, 3.63) is 35.9 Å². The first-order chi connectivity index (χ1) is 15.3. The topological polar surface area (TPSA) is 70.6 Å². The van der Waals surface area contributed by atoms with Gasteiger partial charge in [0.15, 0.2) is 0 Å². The molecule has 1 rings (SSSR count). The molecule has 31 heavy (non-hydrogen) atoms. The van der Waals surface area contributed by atoms with Gasteiger partial charge in [0.1, 0.15) is 6.61 Å². The van der Waals surface area contributed by atoms with Crippen LogP contribution in [-0.4, -0.2) is 43.5 Å². The highest BCUT2D eigenvalue weighted by atomic mass is 16.6. The van der Waals surface area contributed by atoms with Crippen LogP contribution in [0.5, 0.6) is 0 Å². The van der Waals surface area contributed by atoms with Crippen LogP contribution in [0.15, 0.2) is 30.3 Å². The van der Waals surface area contributed by atoms with Gasteiger partial charge < -0.3 is 20.5 Å². The molecule has 1 aromatic carbocycles. The molecule has 0 saturated heterocycles. The highest BCUT2D eigenvalue weighted by Crippen LogP contribution is 2.14. The first-order valence-electron chi connectivity index (χ1n) is 12.5. The summed E-state index contributed by atoms with van der Waals surface area (Å²) in [4.78, 5) is 11.5. The van der Waals surface area contributed by atoms with Crippen LogP contribution in [0.1, 0.15) is 89.5 Å². The number of hydrogen-bond donors (Lipinski definition) is 3. The van der Waals surface area contributed by atoms with Crippen molar-refractivity contribution in [1.29, 1.82) is 0 Å². The lowest BCUT2D eigenvalue weighted by Crippen LogP contribution is -2.38. The molecule has 1 aromatic rings. The Labute approximate surface area is 190 Å². The summed E-state index contributed by atoms with van der Waals surface area (Å²) in [5.41, 5.74) is 1.35. The lowest BCUT2D eigenvalue weighted by molar-refractivity contribution is 0.119. The summed E-state index contributed by atoms with van der Waals surface area (Å²) in [5.74, 6) is 0. The highest BCUT2D eigenvalue weighted by Gasteiger charge is 2.09. The minimum Gasteiger partial charge on any atom is -0.447 e. The summed E-state index contributed by atoms with van der Waals surface area (Å²) in [6.45, 7) is 3.39. The minimum absolute atomic E-state index is 0.0365. The molecular weight excluding hydrogens is 388 g/mol. The van der Waals surface area contributed by atoms with Gasteiger partial charge in [-0.15, -0.1) is 0 Å². The van der Waals surface area contributed by atoms with E-state index in [0.29, 0.717) is 19.1 Å². The summed E-state index contributed by atoms with van der Waals surface area (Å²) in [5, 5.41) is 15.0. The number of hydrogen-bond acceptors (Lipinski definition) is 4. The van der Waals surface area contributed by atoms with E-state index < -0.39 is 6.09 Å². The van der Waals surface area contributed by atoms with Crippen LogP contribution < -0.4 is 10.6 Å². The zero-order valence-electron chi connectivity index (χ0n) is 19.7. The van der Waals surface area contributed by atoms with E-state index in [1.807, 2.05) is 0 Å². The van der Waals surface area contributed by atoms with E-state index >= 15 is 0 Å². The molecule has 5 heteroatoms. The molecule has 1 amide bonds. The van der Waals surface area contributed by atoms with Gasteiger partial charge in [-0.05, 0) is 18.4 Å². The van der Waals surface area contributed by atoms with E-state index in [0.717, 1.165) is 12.8 Å². The highest BCUT2D eigenvalue weighted by molar-refractivity contribution is 5.67. The van der Waals surface area contributed by atoms with Gasteiger partial charge in [0.2, 0.25) is 0 Å². The number of nitrogens with one attached hydrogen (secondary N) is 2. The Balaban J connectivity index is 2.17. The predicted octanol–water partition coefficient (Wildman–Crippen LogP) is 5.61. The van der Waals surface area contributed by atoms with E-state index in [9.17, 15) is 4.79 Å². The largest absolute Gasteiger partial charge is 0.447 e. The molecule has 178 valence electrons. The molecule has 0 fully saturated rings. The molecule has 0 aliphatic carbocycles. The second kappa shape index (κ2) is 20.3. The number of carbonyl (C=O) groups is 1. The van der Waals surface area contributed by atoms with Crippen molar-refractivity contribution >= 4 is 6.09 Å². The first-order valence-corrected chi connectivity index (χ1v) is 12.5. The predicted molar refractivity (Wildman–Crippen MR) is 129 cm³/mol. The van der Waals surface area contributed by atoms with Crippen LogP contribution >= 0.6 is 0 Å². The van der Waals surface area contributed by atoms with Crippen LogP contribution in [0.4, 0.5) is 4.79 Å². The van der Waals surface area contributed by atoms with E-state index in [-0.39, 0.29) is 13.2 Å². The third-order valence-corrected chi connectivity index (χ3v) is 5.63. The van der Waals surface area contributed by atoms with Gasteiger partial charge in [-0.25, -0.2) is 4.79 Å². The van der Waals surface area contributed by atoms with Crippen LogP contribution in [0.25, 0.3) is 0 Å². The van der Waals surface area contributed by atoms with E-state index in [1.165, 1.54) is 76.2 Å². The second-order valence-electron chi connectivity index (χ2n) is 8.45. The number of aliphatic hydroxyl groups is 1. The fourth-order valence-electron chi connectivity index (χ4n) is 3.86. The van der Waals surface area contributed by atoms with Crippen LogP contribution in [-0.2, 0) is 11.2 Å². The summed E-state index contributed by atoms with van der Waals surface area (Å²) in [6.07, 6.45) is 16.7. The lowest BCUT2D eigenvalue weighted by Gasteiger charge is -2.19. The molecular formula is C26H46N2O3. The maximum Gasteiger partial charge on any atom is 0.407 e. The molecule has 1 unspecified atom stereocenters. The molecule has 5 nitrogen and oxygen atoms in total. The molecule has 0 saturated carbocycles. The van der Waals surface area contributed by atoms with Crippen molar-refractivity contribution in [2.24, 2.45) is 0 Å². The Morgan fingerprint density at radius 3 is 2.13 bits per heavy atom. The number of rotatable bonds is 20. The fourth-order valence-corrected chi connectivity index (χ4v) is 3.86. The van der Waals surface area contributed by atoms with E-state index in [4.69, 9.17) is 9.84 Å². The Bertz CT molecular complexity index is 525. The monoisotopic (exact) mass is 434 g/mol. The van der Waals surface area contributed by atoms with Crippen molar-refractivity contribution in [3.8, 4) is 0 Å². The van der Waals surface area contributed by atoms with Crippen LogP contribution in [0.2, 0.25) is 0 Å². The molecule has 0 spiro atoms. The molecule has 3 N–H and O–H groups in total. The second-order valence-corrected chi connectivity index (χ2v) is 8.45. The molecule has 0 aliphatic heterocycles. The molecule has 0 aromatic heterocycles. The fraction of sp³-hybridized carbons (Fsp3) is 0.731. The summed E-state index contributed by atoms with van der Waals surface area (Å²) < 4.78 is 4.81. The van der Waals surface area contributed by atoms with Crippen molar-refractivity contribution in [3.63, 3.8) is 0 Å². The van der Waals surface area contributed by atoms with Gasteiger partial charge in [-0.2, -0.15) is 0 Å². The van der Waals surface area contributed by atoms with Gasteiger partial charge >= 0.3 is 6.09 Å². The number of unbranched alkanes of at least 4 members (excludes halogenated alkanes) is 10.